The fraction of sp³-hybridized carbons (Fsp3) is 0.667. The number of amides is 1. The van der Waals surface area contributed by atoms with Crippen molar-refractivity contribution in [2.24, 2.45) is 0 Å². The Hall–Kier alpha value is -1.92. The van der Waals surface area contributed by atoms with E-state index in [4.69, 9.17) is 5.11 Å². The van der Waals surface area contributed by atoms with Crippen LogP contribution in [0.2, 0.25) is 0 Å². The normalized spacial score (nSPS) is 10.7. The van der Waals surface area contributed by atoms with Gasteiger partial charge in [0.15, 0.2) is 5.69 Å². The number of rotatable bonds is 7. The number of nitrogens with zero attached hydrogens (tertiary/aromatic N) is 3. The SMILES string of the molecule is CCCCNC(=O)Cn1nnc(C(=O)O)c1C(C)C. The maximum atomic E-state index is 11.7. The van der Waals surface area contributed by atoms with Crippen molar-refractivity contribution in [3.8, 4) is 0 Å². The van der Waals surface area contributed by atoms with Gasteiger partial charge in [-0.25, -0.2) is 9.48 Å². The first kappa shape index (κ1) is 15.1. The van der Waals surface area contributed by atoms with E-state index >= 15 is 0 Å². The molecule has 0 aliphatic rings. The lowest BCUT2D eigenvalue weighted by molar-refractivity contribution is -0.121. The molecule has 7 heteroatoms. The van der Waals surface area contributed by atoms with Crippen LogP contribution in [0, 0.1) is 0 Å². The maximum Gasteiger partial charge on any atom is 0.358 e. The van der Waals surface area contributed by atoms with E-state index in [1.54, 1.807) is 0 Å². The van der Waals surface area contributed by atoms with Crippen LogP contribution in [0.1, 0.15) is 55.7 Å². The average Bonchev–Trinajstić information content (AvgIpc) is 2.73. The summed E-state index contributed by atoms with van der Waals surface area (Å²) < 4.78 is 1.36. The van der Waals surface area contributed by atoms with Gasteiger partial charge < -0.3 is 10.4 Å². The van der Waals surface area contributed by atoms with Crippen molar-refractivity contribution >= 4 is 11.9 Å². The molecule has 0 radical (unpaired) electrons. The minimum atomic E-state index is -1.12. The number of carboxylic acids is 1. The van der Waals surface area contributed by atoms with Crippen molar-refractivity contribution in [1.29, 1.82) is 0 Å². The predicted octanol–water partition coefficient (Wildman–Crippen LogP) is 1.02. The molecule has 0 aromatic carbocycles. The lowest BCUT2D eigenvalue weighted by Gasteiger charge is -2.10. The fourth-order valence-corrected chi connectivity index (χ4v) is 1.76. The molecule has 0 spiro atoms. The molecule has 0 aliphatic carbocycles. The minimum Gasteiger partial charge on any atom is -0.476 e. The van der Waals surface area contributed by atoms with Crippen LogP contribution in [0.15, 0.2) is 0 Å². The zero-order chi connectivity index (χ0) is 14.4. The van der Waals surface area contributed by atoms with Crippen molar-refractivity contribution in [2.75, 3.05) is 6.54 Å². The summed E-state index contributed by atoms with van der Waals surface area (Å²) >= 11 is 0. The number of carboxylic acid groups (broad SMARTS) is 1. The molecule has 1 amide bonds. The highest BCUT2D eigenvalue weighted by Gasteiger charge is 2.22. The van der Waals surface area contributed by atoms with Crippen molar-refractivity contribution in [1.82, 2.24) is 20.3 Å². The molecule has 1 rings (SSSR count). The number of nitrogens with one attached hydrogen (secondary N) is 1. The Morgan fingerprint density at radius 3 is 2.63 bits per heavy atom. The van der Waals surface area contributed by atoms with E-state index in [2.05, 4.69) is 15.6 Å². The molecule has 0 aliphatic heterocycles. The Bertz CT molecular complexity index is 454. The largest absolute Gasteiger partial charge is 0.476 e. The van der Waals surface area contributed by atoms with E-state index in [0.717, 1.165) is 12.8 Å². The molecule has 0 unspecified atom stereocenters. The Kier molecular flexibility index (Phi) is 5.47. The molecule has 19 heavy (non-hydrogen) atoms. The predicted molar refractivity (Wildman–Crippen MR) is 69.0 cm³/mol. The Morgan fingerprint density at radius 1 is 1.42 bits per heavy atom. The van der Waals surface area contributed by atoms with Gasteiger partial charge in [0.2, 0.25) is 5.91 Å². The van der Waals surface area contributed by atoms with Gasteiger partial charge in [0.05, 0.1) is 5.69 Å². The van der Waals surface area contributed by atoms with E-state index in [1.807, 2.05) is 20.8 Å². The summed E-state index contributed by atoms with van der Waals surface area (Å²) in [5.41, 5.74) is 0.384. The Balaban J connectivity index is 2.78. The summed E-state index contributed by atoms with van der Waals surface area (Å²) in [4.78, 5) is 22.7. The lowest BCUT2D eigenvalue weighted by Crippen LogP contribution is -2.29. The van der Waals surface area contributed by atoms with Gasteiger partial charge in [0.1, 0.15) is 6.54 Å². The van der Waals surface area contributed by atoms with Gasteiger partial charge in [-0.3, -0.25) is 4.79 Å². The van der Waals surface area contributed by atoms with Gasteiger partial charge in [-0.2, -0.15) is 0 Å². The van der Waals surface area contributed by atoms with Crippen molar-refractivity contribution < 1.29 is 14.7 Å². The molecule has 0 saturated heterocycles. The smallest absolute Gasteiger partial charge is 0.358 e. The summed E-state index contributed by atoms with van der Waals surface area (Å²) in [6.07, 6.45) is 1.92. The average molecular weight is 268 g/mol. The molecule has 2 N–H and O–H groups in total. The quantitative estimate of drug-likeness (QED) is 0.719. The molecular weight excluding hydrogens is 248 g/mol. The maximum absolute atomic E-state index is 11.7. The second-order valence-corrected chi connectivity index (χ2v) is 4.64. The lowest BCUT2D eigenvalue weighted by atomic mass is 10.1. The van der Waals surface area contributed by atoms with Crippen molar-refractivity contribution in [3.05, 3.63) is 11.4 Å². The molecule has 106 valence electrons. The van der Waals surface area contributed by atoms with Crippen LogP contribution in [-0.2, 0) is 11.3 Å². The number of carbonyl (C=O) groups is 2. The molecule has 0 fully saturated rings. The number of hydrogen-bond acceptors (Lipinski definition) is 4. The summed E-state index contributed by atoms with van der Waals surface area (Å²) in [7, 11) is 0. The van der Waals surface area contributed by atoms with Crippen LogP contribution in [0.5, 0.6) is 0 Å². The standard InChI is InChI=1S/C12H20N4O3/c1-4-5-6-13-9(17)7-16-11(8(2)3)10(12(18)19)14-15-16/h8H,4-7H2,1-3H3,(H,13,17)(H,18,19). The van der Waals surface area contributed by atoms with E-state index in [1.165, 1.54) is 4.68 Å². The van der Waals surface area contributed by atoms with Crippen LogP contribution in [-0.4, -0.2) is 38.5 Å². The van der Waals surface area contributed by atoms with Gasteiger partial charge >= 0.3 is 5.97 Å². The number of carbonyl (C=O) groups excluding carboxylic acids is 1. The minimum absolute atomic E-state index is 0.00247. The molecule has 0 saturated carbocycles. The second-order valence-electron chi connectivity index (χ2n) is 4.64. The fourth-order valence-electron chi connectivity index (χ4n) is 1.76. The summed E-state index contributed by atoms with van der Waals surface area (Å²) in [5, 5.41) is 19.2. The van der Waals surface area contributed by atoms with E-state index < -0.39 is 5.97 Å². The molecule has 1 aromatic heterocycles. The van der Waals surface area contributed by atoms with E-state index in [-0.39, 0.29) is 24.1 Å². The summed E-state index contributed by atoms with van der Waals surface area (Å²) in [6.45, 7) is 6.34. The molecule has 7 nitrogen and oxygen atoms in total. The van der Waals surface area contributed by atoms with Crippen LogP contribution in [0.25, 0.3) is 0 Å². The third-order valence-corrected chi connectivity index (χ3v) is 2.67. The highest BCUT2D eigenvalue weighted by molar-refractivity contribution is 5.86. The zero-order valence-electron chi connectivity index (χ0n) is 11.5. The van der Waals surface area contributed by atoms with Crippen LogP contribution < -0.4 is 5.32 Å². The summed E-state index contributed by atoms with van der Waals surface area (Å²) in [5.74, 6) is -1.37. The van der Waals surface area contributed by atoms with Gasteiger partial charge in [-0.15, -0.1) is 5.10 Å². The van der Waals surface area contributed by atoms with Crippen LogP contribution in [0.3, 0.4) is 0 Å². The van der Waals surface area contributed by atoms with Crippen molar-refractivity contribution in [2.45, 2.75) is 46.1 Å². The number of unbranched alkanes of at least 4 members (excludes halogenated alkanes) is 1. The van der Waals surface area contributed by atoms with Gasteiger partial charge in [-0.05, 0) is 12.3 Å². The van der Waals surface area contributed by atoms with Crippen LogP contribution in [0.4, 0.5) is 0 Å². The van der Waals surface area contributed by atoms with Gasteiger partial charge in [0, 0.05) is 6.54 Å². The first-order valence-electron chi connectivity index (χ1n) is 6.40. The van der Waals surface area contributed by atoms with E-state index in [9.17, 15) is 9.59 Å². The number of aromatic nitrogens is 3. The topological polar surface area (TPSA) is 97.1 Å². The highest BCUT2D eigenvalue weighted by Crippen LogP contribution is 2.17. The Morgan fingerprint density at radius 2 is 2.11 bits per heavy atom. The van der Waals surface area contributed by atoms with Crippen molar-refractivity contribution in [3.63, 3.8) is 0 Å². The Labute approximate surface area is 112 Å². The van der Waals surface area contributed by atoms with Crippen LogP contribution >= 0.6 is 0 Å². The first-order valence-corrected chi connectivity index (χ1v) is 6.40. The van der Waals surface area contributed by atoms with Gasteiger partial charge in [-0.1, -0.05) is 32.4 Å². The number of aromatic carboxylic acids is 1. The molecule has 0 bridgehead atoms. The first-order chi connectivity index (χ1) is 8.97. The molecular formula is C12H20N4O3. The zero-order valence-corrected chi connectivity index (χ0v) is 11.5. The third-order valence-electron chi connectivity index (χ3n) is 2.67. The molecule has 1 heterocycles. The third kappa shape index (κ3) is 4.04. The highest BCUT2D eigenvalue weighted by atomic mass is 16.4. The summed E-state index contributed by atoms with van der Waals surface area (Å²) in [6, 6.07) is 0. The number of hydrogen-bond donors (Lipinski definition) is 2. The second kappa shape index (κ2) is 6.86. The van der Waals surface area contributed by atoms with Gasteiger partial charge in [0.25, 0.3) is 0 Å². The monoisotopic (exact) mass is 268 g/mol. The molecule has 1 aromatic rings. The molecule has 0 atom stereocenters. The van der Waals surface area contributed by atoms with E-state index in [0.29, 0.717) is 12.2 Å².